The molecule has 25 heavy (non-hydrogen) atoms. The predicted molar refractivity (Wildman–Crippen MR) is 99.6 cm³/mol. The van der Waals surface area contributed by atoms with Gasteiger partial charge in [-0.25, -0.2) is 0 Å². The fourth-order valence-electron chi connectivity index (χ4n) is 5.46. The van der Waals surface area contributed by atoms with Gasteiger partial charge in [-0.05, 0) is 53.4 Å². The van der Waals surface area contributed by atoms with Crippen molar-refractivity contribution in [3.8, 4) is 0 Å². The van der Waals surface area contributed by atoms with Gasteiger partial charge in [0.05, 0.1) is 0 Å². The monoisotopic (exact) mass is 330 g/mol. The molecule has 3 aliphatic rings. The molecule has 0 aromatic heterocycles. The van der Waals surface area contributed by atoms with Gasteiger partial charge in [0.2, 0.25) is 0 Å². The van der Waals surface area contributed by atoms with Crippen molar-refractivity contribution in [2.45, 2.75) is 30.5 Å². The second-order valence-corrected chi connectivity index (χ2v) is 7.73. The number of benzene rings is 2. The van der Waals surface area contributed by atoms with Crippen LogP contribution >= 0.6 is 0 Å². The highest BCUT2D eigenvalue weighted by Gasteiger charge is 2.75. The lowest BCUT2D eigenvalue weighted by Crippen LogP contribution is -2.48. The Labute approximate surface area is 148 Å². The molecule has 2 heteroatoms. The van der Waals surface area contributed by atoms with Gasteiger partial charge >= 0.3 is 0 Å². The van der Waals surface area contributed by atoms with Crippen LogP contribution in [0.3, 0.4) is 0 Å². The molecule has 2 unspecified atom stereocenters. The Hall–Kier alpha value is -2.16. The smallest absolute Gasteiger partial charge is 0.122 e. The van der Waals surface area contributed by atoms with E-state index in [2.05, 4.69) is 36.4 Å². The van der Waals surface area contributed by atoms with Gasteiger partial charge in [0, 0.05) is 0 Å². The summed E-state index contributed by atoms with van der Waals surface area (Å²) in [5.41, 5.74) is 1.98. The molecule has 0 heterocycles. The molecule has 3 saturated carbocycles. The van der Waals surface area contributed by atoms with E-state index in [9.17, 15) is 10.2 Å². The van der Waals surface area contributed by atoms with Crippen LogP contribution in [-0.2, 0) is 0 Å². The maximum atomic E-state index is 11.6. The summed E-state index contributed by atoms with van der Waals surface area (Å²) in [4.78, 5) is 0. The molecule has 0 amide bonds. The maximum absolute atomic E-state index is 11.6. The molecule has 0 radical (unpaired) electrons. The molecule has 2 N–H and O–H groups in total. The van der Waals surface area contributed by atoms with E-state index in [1.54, 1.807) is 0 Å². The third-order valence-electron chi connectivity index (χ3n) is 6.52. The summed E-state index contributed by atoms with van der Waals surface area (Å²) in [5, 5.41) is 23.2. The second-order valence-electron chi connectivity index (χ2n) is 7.73. The fraction of sp³-hybridized carbons (Fsp3) is 0.304. The number of hydrogen-bond donors (Lipinski definition) is 2. The quantitative estimate of drug-likeness (QED) is 0.872. The molecular weight excluding hydrogens is 308 g/mol. The van der Waals surface area contributed by atoms with Crippen LogP contribution in [0.25, 0.3) is 12.2 Å². The van der Waals surface area contributed by atoms with Gasteiger partial charge in [-0.1, -0.05) is 72.8 Å². The average Bonchev–Trinajstić information content (AvgIpc) is 3.07. The molecule has 2 aromatic rings. The van der Waals surface area contributed by atoms with Crippen LogP contribution in [0.2, 0.25) is 0 Å². The first-order valence-electron chi connectivity index (χ1n) is 9.09. The van der Waals surface area contributed by atoms with E-state index in [1.165, 1.54) is 0 Å². The zero-order chi connectivity index (χ0) is 17.1. The Morgan fingerprint density at radius 3 is 1.48 bits per heavy atom. The van der Waals surface area contributed by atoms with Crippen molar-refractivity contribution in [3.63, 3.8) is 0 Å². The van der Waals surface area contributed by atoms with E-state index < -0.39 is 11.2 Å². The average molecular weight is 330 g/mol. The van der Waals surface area contributed by atoms with E-state index in [1.807, 2.05) is 36.4 Å². The molecule has 126 valence electrons. The summed E-state index contributed by atoms with van der Waals surface area (Å²) in [7, 11) is 0. The van der Waals surface area contributed by atoms with Crippen molar-refractivity contribution in [2.24, 2.45) is 11.8 Å². The number of hydrogen-bond acceptors (Lipinski definition) is 2. The Morgan fingerprint density at radius 1 is 0.680 bits per heavy atom. The summed E-state index contributed by atoms with van der Waals surface area (Å²) < 4.78 is 0. The second kappa shape index (κ2) is 5.17. The first-order valence-corrected chi connectivity index (χ1v) is 9.09. The molecule has 0 spiro atoms. The van der Waals surface area contributed by atoms with Crippen LogP contribution in [0.15, 0.2) is 71.8 Å². The normalized spacial score (nSPS) is 38.8. The van der Waals surface area contributed by atoms with Gasteiger partial charge in [-0.2, -0.15) is 0 Å². The third kappa shape index (κ3) is 1.92. The minimum Gasteiger partial charge on any atom is -0.382 e. The molecule has 2 nitrogen and oxygen atoms in total. The SMILES string of the molecule is OC12/C(=C/c3ccccc3)CC3C[C@@H]1C/C(=C\c1ccccc1)[C@]32O. The van der Waals surface area contributed by atoms with E-state index in [0.29, 0.717) is 0 Å². The van der Waals surface area contributed by atoms with E-state index in [-0.39, 0.29) is 11.8 Å². The van der Waals surface area contributed by atoms with Crippen LogP contribution in [0, 0.1) is 11.8 Å². The lowest BCUT2D eigenvalue weighted by molar-refractivity contribution is -0.0743. The highest BCUT2D eigenvalue weighted by molar-refractivity contribution is 5.67. The fourth-order valence-corrected chi connectivity index (χ4v) is 5.46. The zero-order valence-corrected chi connectivity index (χ0v) is 14.1. The topological polar surface area (TPSA) is 40.5 Å². The highest BCUT2D eigenvalue weighted by atomic mass is 16.4. The molecule has 0 aliphatic heterocycles. The molecule has 0 saturated heterocycles. The van der Waals surface area contributed by atoms with Crippen LogP contribution in [0.5, 0.6) is 0 Å². The van der Waals surface area contributed by atoms with Crippen molar-refractivity contribution in [1.82, 2.24) is 0 Å². The molecule has 3 fully saturated rings. The van der Waals surface area contributed by atoms with E-state index in [0.717, 1.165) is 41.5 Å². The predicted octanol–water partition coefficient (Wildman–Crippen LogP) is 4.06. The molecule has 3 aliphatic carbocycles. The van der Waals surface area contributed by atoms with Crippen molar-refractivity contribution in [2.75, 3.05) is 0 Å². The van der Waals surface area contributed by atoms with Crippen LogP contribution in [0.1, 0.15) is 30.4 Å². The largest absolute Gasteiger partial charge is 0.382 e. The highest BCUT2D eigenvalue weighted by Crippen LogP contribution is 2.70. The minimum atomic E-state index is -1.10. The van der Waals surface area contributed by atoms with Gasteiger partial charge in [0.1, 0.15) is 11.2 Å². The van der Waals surface area contributed by atoms with Gasteiger partial charge in [0.25, 0.3) is 0 Å². The van der Waals surface area contributed by atoms with Crippen molar-refractivity contribution in [1.29, 1.82) is 0 Å². The Bertz CT molecular complexity index is 794. The molecule has 2 aromatic carbocycles. The molecule has 4 bridgehead atoms. The maximum Gasteiger partial charge on any atom is 0.122 e. The summed E-state index contributed by atoms with van der Waals surface area (Å²) in [6.45, 7) is 0. The van der Waals surface area contributed by atoms with Gasteiger partial charge in [-0.15, -0.1) is 0 Å². The van der Waals surface area contributed by atoms with E-state index in [4.69, 9.17) is 0 Å². The Morgan fingerprint density at radius 2 is 1.08 bits per heavy atom. The first-order chi connectivity index (χ1) is 12.1. The van der Waals surface area contributed by atoms with Gasteiger partial charge in [0.15, 0.2) is 0 Å². The number of rotatable bonds is 2. The number of aliphatic hydroxyl groups is 2. The Kier molecular flexibility index (Phi) is 3.13. The van der Waals surface area contributed by atoms with Crippen LogP contribution in [-0.4, -0.2) is 21.4 Å². The molecule has 5 rings (SSSR count). The third-order valence-corrected chi connectivity index (χ3v) is 6.52. The van der Waals surface area contributed by atoms with E-state index >= 15 is 0 Å². The van der Waals surface area contributed by atoms with Gasteiger partial charge < -0.3 is 10.2 Å². The summed E-state index contributed by atoms with van der Waals surface area (Å²) in [6, 6.07) is 20.2. The van der Waals surface area contributed by atoms with Crippen molar-refractivity contribution >= 4 is 12.2 Å². The van der Waals surface area contributed by atoms with Crippen LogP contribution < -0.4 is 0 Å². The molecule has 4 atom stereocenters. The summed E-state index contributed by atoms with van der Waals surface area (Å²) >= 11 is 0. The lowest BCUT2D eigenvalue weighted by atomic mass is 9.79. The van der Waals surface area contributed by atoms with Gasteiger partial charge in [-0.3, -0.25) is 0 Å². The first kappa shape index (κ1) is 15.1. The Balaban J connectivity index is 1.58. The zero-order valence-electron chi connectivity index (χ0n) is 14.1. The van der Waals surface area contributed by atoms with Crippen LogP contribution in [0.4, 0.5) is 0 Å². The summed E-state index contributed by atoms with van der Waals surface area (Å²) in [6.07, 6.45) is 6.66. The van der Waals surface area contributed by atoms with Crippen molar-refractivity contribution < 1.29 is 10.2 Å². The summed E-state index contributed by atoms with van der Waals surface area (Å²) in [5.74, 6) is 0.252. The minimum absolute atomic E-state index is 0.126. The standard InChI is InChI=1S/C23H22O2/c24-22-18(11-16-7-3-1-4-8-16)13-20-15-21(22)14-19(23(20,22)25)12-17-9-5-2-6-10-17/h1-12,20-21,24-25H,13-15H2/b18-11+,19-12+/t20-,21?,22-,23?/m0/s1. The lowest BCUT2D eigenvalue weighted by Gasteiger charge is -2.33. The van der Waals surface area contributed by atoms with Crippen molar-refractivity contribution in [3.05, 3.63) is 82.9 Å². The molecular formula is C23H22O2.